The molecule has 0 amide bonds. The number of rotatable bonds is 2. The summed E-state index contributed by atoms with van der Waals surface area (Å²) < 4.78 is 14.1. The molecule has 108 valence electrons. The van der Waals surface area contributed by atoms with Crippen molar-refractivity contribution in [2.24, 2.45) is 5.92 Å². The van der Waals surface area contributed by atoms with Crippen molar-refractivity contribution in [1.29, 1.82) is 0 Å². The highest BCUT2D eigenvalue weighted by Gasteiger charge is 2.23. The number of piperidine rings is 1. The van der Waals surface area contributed by atoms with E-state index in [2.05, 4.69) is 30.6 Å². The molecule has 1 heterocycles. The lowest BCUT2D eigenvalue weighted by atomic mass is 9.94. The van der Waals surface area contributed by atoms with Crippen LogP contribution >= 0.6 is 0 Å². The number of halogens is 1. The Bertz CT molecular complexity index is 517. The van der Waals surface area contributed by atoms with Crippen molar-refractivity contribution in [2.45, 2.75) is 39.3 Å². The van der Waals surface area contributed by atoms with Gasteiger partial charge in [0.2, 0.25) is 0 Å². The van der Waals surface area contributed by atoms with Gasteiger partial charge in [0.05, 0.1) is 0 Å². The monoisotopic (exact) mass is 275 g/mol. The molecule has 1 aliphatic rings. The third kappa shape index (κ3) is 3.82. The van der Waals surface area contributed by atoms with Gasteiger partial charge in [-0.2, -0.15) is 0 Å². The predicted molar refractivity (Wildman–Crippen MR) is 78.6 cm³/mol. The molecule has 1 aromatic carbocycles. The zero-order valence-electron chi connectivity index (χ0n) is 12.2. The zero-order valence-corrected chi connectivity index (χ0v) is 12.2. The van der Waals surface area contributed by atoms with Gasteiger partial charge in [0.15, 0.2) is 0 Å². The Labute approximate surface area is 120 Å². The maximum atomic E-state index is 14.1. The van der Waals surface area contributed by atoms with Gasteiger partial charge in [-0.25, -0.2) is 4.39 Å². The molecule has 2 unspecified atom stereocenters. The van der Waals surface area contributed by atoms with Gasteiger partial charge in [0.1, 0.15) is 12.4 Å². The Morgan fingerprint density at radius 1 is 1.35 bits per heavy atom. The Hall–Kier alpha value is -1.37. The molecule has 0 aliphatic carbocycles. The highest BCUT2D eigenvalue weighted by Crippen LogP contribution is 2.24. The van der Waals surface area contributed by atoms with E-state index in [1.807, 2.05) is 12.1 Å². The number of hydrogen-bond acceptors (Lipinski definition) is 2. The van der Waals surface area contributed by atoms with Crippen molar-refractivity contribution in [1.82, 2.24) is 4.90 Å². The minimum absolute atomic E-state index is 0.202. The molecule has 0 spiro atoms. The summed E-state index contributed by atoms with van der Waals surface area (Å²) in [5.41, 5.74) is 1.33. The molecule has 20 heavy (non-hydrogen) atoms. The molecule has 1 N–H and O–H groups in total. The lowest BCUT2D eigenvalue weighted by Crippen LogP contribution is -2.40. The lowest BCUT2D eigenvalue weighted by Gasteiger charge is -2.36. The van der Waals surface area contributed by atoms with Crippen molar-refractivity contribution in [3.05, 3.63) is 35.1 Å². The largest absolute Gasteiger partial charge is 0.384 e. The molecule has 1 saturated heterocycles. The molecule has 0 saturated carbocycles. The van der Waals surface area contributed by atoms with Gasteiger partial charge in [0.25, 0.3) is 0 Å². The van der Waals surface area contributed by atoms with Crippen molar-refractivity contribution < 1.29 is 9.50 Å². The van der Waals surface area contributed by atoms with E-state index in [4.69, 9.17) is 5.11 Å². The summed E-state index contributed by atoms with van der Waals surface area (Å²) in [6, 6.07) is 5.59. The van der Waals surface area contributed by atoms with E-state index in [0.717, 1.165) is 12.1 Å². The molecule has 3 heteroatoms. The minimum Gasteiger partial charge on any atom is -0.384 e. The SMILES string of the molecule is CC1CCC(C)N(Cc2ccc(C#CCO)cc2F)C1. The van der Waals surface area contributed by atoms with Crippen LogP contribution in [-0.2, 0) is 6.54 Å². The van der Waals surface area contributed by atoms with Crippen molar-refractivity contribution in [3.63, 3.8) is 0 Å². The van der Waals surface area contributed by atoms with Crippen LogP contribution in [-0.4, -0.2) is 29.2 Å². The summed E-state index contributed by atoms with van der Waals surface area (Å²) in [5.74, 6) is 5.74. The highest BCUT2D eigenvalue weighted by atomic mass is 19.1. The summed E-state index contributed by atoms with van der Waals surface area (Å²) in [6.45, 7) is 5.96. The first-order valence-electron chi connectivity index (χ1n) is 7.22. The standard InChI is InChI=1S/C17H22FNO/c1-13-5-6-14(2)19(11-13)12-16-8-7-15(4-3-9-20)10-17(16)18/h7-8,10,13-14,20H,5-6,9,11-12H2,1-2H3. The summed E-state index contributed by atoms with van der Waals surface area (Å²) in [5, 5.41) is 8.65. The van der Waals surface area contributed by atoms with E-state index < -0.39 is 0 Å². The Morgan fingerprint density at radius 3 is 2.85 bits per heavy atom. The Kier molecular flexibility index (Phi) is 5.17. The topological polar surface area (TPSA) is 23.5 Å². The molecule has 1 aromatic rings. The maximum Gasteiger partial charge on any atom is 0.128 e. The third-order valence-corrected chi connectivity index (χ3v) is 3.99. The fourth-order valence-electron chi connectivity index (χ4n) is 2.71. The van der Waals surface area contributed by atoms with E-state index in [-0.39, 0.29) is 12.4 Å². The average molecular weight is 275 g/mol. The number of benzene rings is 1. The molecule has 0 aromatic heterocycles. The van der Waals surface area contributed by atoms with Gasteiger partial charge in [-0.1, -0.05) is 24.8 Å². The number of aliphatic hydroxyl groups is 1. The second kappa shape index (κ2) is 6.88. The Balaban J connectivity index is 2.09. The lowest BCUT2D eigenvalue weighted by molar-refractivity contribution is 0.116. The summed E-state index contributed by atoms with van der Waals surface area (Å²) in [7, 11) is 0. The first-order chi connectivity index (χ1) is 9.60. The molecule has 2 atom stereocenters. The van der Waals surface area contributed by atoms with Crippen LogP contribution in [0.4, 0.5) is 4.39 Å². The van der Waals surface area contributed by atoms with Crippen LogP contribution < -0.4 is 0 Å². The van der Waals surface area contributed by atoms with Gasteiger partial charge in [-0.05, 0) is 37.8 Å². The molecule has 1 aliphatic heterocycles. The summed E-state index contributed by atoms with van der Waals surface area (Å²) >= 11 is 0. The second-order valence-electron chi connectivity index (χ2n) is 5.73. The number of likely N-dealkylation sites (tertiary alicyclic amines) is 1. The number of aliphatic hydroxyl groups excluding tert-OH is 1. The third-order valence-electron chi connectivity index (χ3n) is 3.99. The predicted octanol–water partition coefficient (Wildman–Crippen LogP) is 2.79. The van der Waals surface area contributed by atoms with Crippen molar-refractivity contribution in [3.8, 4) is 11.8 Å². The smallest absolute Gasteiger partial charge is 0.128 e. The van der Waals surface area contributed by atoms with Crippen molar-refractivity contribution >= 4 is 0 Å². The minimum atomic E-state index is -0.208. The zero-order chi connectivity index (χ0) is 14.5. The average Bonchev–Trinajstić information content (AvgIpc) is 2.43. The van der Waals surface area contributed by atoms with E-state index in [1.54, 1.807) is 0 Å². The van der Waals surface area contributed by atoms with Crippen molar-refractivity contribution in [2.75, 3.05) is 13.2 Å². The molecule has 0 radical (unpaired) electrons. The van der Waals surface area contributed by atoms with E-state index in [9.17, 15) is 4.39 Å². The van der Waals surface area contributed by atoms with Crippen LogP contribution in [0.15, 0.2) is 18.2 Å². The fourth-order valence-corrected chi connectivity index (χ4v) is 2.71. The van der Waals surface area contributed by atoms with Crippen LogP contribution in [0, 0.1) is 23.6 Å². The van der Waals surface area contributed by atoms with E-state index in [0.29, 0.717) is 24.1 Å². The molecule has 2 nitrogen and oxygen atoms in total. The first kappa shape index (κ1) is 15.0. The summed E-state index contributed by atoms with van der Waals surface area (Å²) in [4.78, 5) is 2.35. The van der Waals surface area contributed by atoms with Gasteiger partial charge in [-0.15, -0.1) is 0 Å². The molecule has 0 bridgehead atoms. The molecular formula is C17H22FNO. The highest BCUT2D eigenvalue weighted by molar-refractivity contribution is 5.37. The van der Waals surface area contributed by atoms with Gasteiger partial charge >= 0.3 is 0 Å². The second-order valence-corrected chi connectivity index (χ2v) is 5.73. The van der Waals surface area contributed by atoms with Gasteiger partial charge in [0, 0.05) is 30.3 Å². The quantitative estimate of drug-likeness (QED) is 0.839. The van der Waals surface area contributed by atoms with Gasteiger partial charge in [-0.3, -0.25) is 4.90 Å². The Morgan fingerprint density at radius 2 is 2.15 bits per heavy atom. The van der Waals surface area contributed by atoms with Crippen LogP contribution in [0.3, 0.4) is 0 Å². The van der Waals surface area contributed by atoms with Gasteiger partial charge < -0.3 is 5.11 Å². The van der Waals surface area contributed by atoms with Crippen LogP contribution in [0.5, 0.6) is 0 Å². The fraction of sp³-hybridized carbons (Fsp3) is 0.529. The van der Waals surface area contributed by atoms with Crippen LogP contribution in [0.2, 0.25) is 0 Å². The molecular weight excluding hydrogens is 253 g/mol. The number of nitrogens with zero attached hydrogens (tertiary/aromatic N) is 1. The van der Waals surface area contributed by atoms with E-state index in [1.165, 1.54) is 18.9 Å². The van der Waals surface area contributed by atoms with Crippen LogP contribution in [0.25, 0.3) is 0 Å². The summed E-state index contributed by atoms with van der Waals surface area (Å²) in [6.07, 6.45) is 2.44. The molecule has 1 fully saturated rings. The first-order valence-corrected chi connectivity index (χ1v) is 7.22. The normalized spacial score (nSPS) is 23.2. The number of hydrogen-bond donors (Lipinski definition) is 1. The molecule has 2 rings (SSSR count). The van der Waals surface area contributed by atoms with E-state index >= 15 is 0 Å². The van der Waals surface area contributed by atoms with Crippen LogP contribution in [0.1, 0.15) is 37.8 Å². The maximum absolute atomic E-state index is 14.1.